The summed E-state index contributed by atoms with van der Waals surface area (Å²) in [7, 11) is 0. The van der Waals surface area contributed by atoms with Gasteiger partial charge in [0.05, 0.1) is 13.0 Å². The van der Waals surface area contributed by atoms with Gasteiger partial charge in [0.15, 0.2) is 24.6 Å². The maximum atomic E-state index is 13.1. The number of unbranched alkanes of at least 4 members (excludes halogenated alkanes) is 25. The van der Waals surface area contributed by atoms with E-state index in [0.717, 1.165) is 109 Å². The molecule has 0 radical (unpaired) electrons. The van der Waals surface area contributed by atoms with Crippen LogP contribution in [0.15, 0.2) is 97.2 Å². The van der Waals surface area contributed by atoms with Crippen LogP contribution in [0.1, 0.15) is 265 Å². The van der Waals surface area contributed by atoms with E-state index < -0.39 is 67.3 Å². The van der Waals surface area contributed by atoms with Gasteiger partial charge in [0.25, 0.3) is 0 Å². The Bertz CT molecular complexity index is 1780. The van der Waals surface area contributed by atoms with E-state index in [-0.39, 0.29) is 25.9 Å². The number of aliphatic hydroxyl groups is 2. The van der Waals surface area contributed by atoms with E-state index in [4.69, 9.17) is 23.7 Å². The van der Waals surface area contributed by atoms with Gasteiger partial charge in [-0.25, -0.2) is 4.79 Å². The van der Waals surface area contributed by atoms with Crippen molar-refractivity contribution in [3.63, 3.8) is 0 Å². The van der Waals surface area contributed by atoms with Gasteiger partial charge in [0, 0.05) is 12.8 Å². The van der Waals surface area contributed by atoms with Gasteiger partial charge in [-0.2, -0.15) is 0 Å². The largest absolute Gasteiger partial charge is 0.479 e. The van der Waals surface area contributed by atoms with Crippen molar-refractivity contribution >= 4 is 23.9 Å². The Labute approximate surface area is 492 Å². The van der Waals surface area contributed by atoms with Crippen molar-refractivity contribution in [3.05, 3.63) is 97.2 Å². The first kappa shape index (κ1) is 74.7. The van der Waals surface area contributed by atoms with Gasteiger partial charge in [-0.05, 0) is 77.0 Å². The number of rotatable bonds is 54. The highest BCUT2D eigenvalue weighted by molar-refractivity contribution is 5.74. The van der Waals surface area contributed by atoms with Crippen molar-refractivity contribution in [3.8, 4) is 0 Å². The Kier molecular flexibility index (Phi) is 51.7. The van der Waals surface area contributed by atoms with Crippen molar-refractivity contribution in [2.45, 2.75) is 302 Å². The molecule has 12 heteroatoms. The smallest absolute Gasteiger partial charge is 0.335 e. The maximum absolute atomic E-state index is 13.1. The van der Waals surface area contributed by atoms with Crippen molar-refractivity contribution in [1.29, 1.82) is 0 Å². The van der Waals surface area contributed by atoms with E-state index >= 15 is 0 Å². The van der Waals surface area contributed by atoms with E-state index in [1.807, 2.05) is 12.2 Å². The van der Waals surface area contributed by atoms with E-state index in [1.165, 1.54) is 96.3 Å². The fourth-order valence-electron chi connectivity index (χ4n) is 9.34. The Hall–Kier alpha value is -4.36. The van der Waals surface area contributed by atoms with Crippen LogP contribution in [0.3, 0.4) is 0 Å². The zero-order chi connectivity index (χ0) is 58.9. The zero-order valence-electron chi connectivity index (χ0n) is 51.0. The standard InChI is InChI=1S/C69H114O12/c1-4-7-10-13-16-19-22-25-28-30-31-33-35-37-40-43-46-49-52-55-61(70)77-58-60(79-62(71)56-53-50-47-44-41-38-34-27-24-21-18-15-12-9-6-3)59-78-69-67(65(74)64(73)66(81-69)68(75)76)80-63(72)57-54-51-48-45-42-39-36-32-29-26-23-20-17-14-11-8-5-2/h8-9,11-12,17-18,20-21,26-27,29,34,41,44,50,53,60,64-67,69,73-74H,4-7,10,13-16,19,22-25,28,30-33,35-40,42-43,45-49,51-52,54-59H2,1-3H3,(H,75,76)/b11-8-,12-9-,20-17-,21-18-,29-26-,34-27-,44-41-,53-50-. The van der Waals surface area contributed by atoms with Gasteiger partial charge in [-0.1, -0.05) is 266 Å². The molecule has 0 saturated carbocycles. The minimum absolute atomic E-state index is 0.0357. The van der Waals surface area contributed by atoms with Crippen molar-refractivity contribution in [2.75, 3.05) is 13.2 Å². The lowest BCUT2D eigenvalue weighted by Gasteiger charge is -2.40. The molecule has 0 spiro atoms. The van der Waals surface area contributed by atoms with Crippen LogP contribution >= 0.6 is 0 Å². The molecule has 12 nitrogen and oxygen atoms in total. The predicted molar refractivity (Wildman–Crippen MR) is 331 cm³/mol. The number of carbonyl (C=O) groups is 4. The Morgan fingerprint density at radius 1 is 0.432 bits per heavy atom. The normalized spacial score (nSPS) is 18.4. The predicted octanol–water partition coefficient (Wildman–Crippen LogP) is 17.2. The third-order valence-corrected chi connectivity index (χ3v) is 14.2. The van der Waals surface area contributed by atoms with Gasteiger partial charge >= 0.3 is 23.9 Å². The lowest BCUT2D eigenvalue weighted by Crippen LogP contribution is -2.61. The molecule has 0 bridgehead atoms. The van der Waals surface area contributed by atoms with E-state index in [2.05, 4.69) is 99.8 Å². The Balaban J connectivity index is 2.69. The molecular formula is C69H114O12. The zero-order valence-corrected chi connectivity index (χ0v) is 51.0. The summed E-state index contributed by atoms with van der Waals surface area (Å²) >= 11 is 0. The molecule has 6 unspecified atom stereocenters. The minimum Gasteiger partial charge on any atom is -0.479 e. The summed E-state index contributed by atoms with van der Waals surface area (Å²) in [6, 6.07) is 0. The molecule has 1 aliphatic rings. The number of hydrogen-bond donors (Lipinski definition) is 3. The number of allylic oxidation sites excluding steroid dienone is 15. The molecule has 462 valence electrons. The molecular weight excluding hydrogens is 1020 g/mol. The maximum Gasteiger partial charge on any atom is 0.335 e. The third kappa shape index (κ3) is 45.8. The summed E-state index contributed by atoms with van der Waals surface area (Å²) in [5.41, 5.74) is 0. The van der Waals surface area contributed by atoms with E-state index in [0.29, 0.717) is 19.3 Å². The van der Waals surface area contributed by atoms with E-state index in [9.17, 15) is 34.5 Å². The second-order valence-electron chi connectivity index (χ2n) is 21.7. The second-order valence-corrected chi connectivity index (χ2v) is 21.7. The Morgan fingerprint density at radius 3 is 1.25 bits per heavy atom. The van der Waals surface area contributed by atoms with Crippen molar-refractivity contribution in [1.82, 2.24) is 0 Å². The second kappa shape index (κ2) is 56.1. The molecule has 1 aliphatic heterocycles. The molecule has 0 aromatic carbocycles. The molecule has 0 amide bonds. The lowest BCUT2D eigenvalue weighted by molar-refractivity contribution is -0.301. The summed E-state index contributed by atoms with van der Waals surface area (Å²) < 4.78 is 28.4. The van der Waals surface area contributed by atoms with Gasteiger partial charge < -0.3 is 39.0 Å². The number of ether oxygens (including phenoxy) is 5. The average Bonchev–Trinajstić information content (AvgIpc) is 3.53. The Morgan fingerprint density at radius 2 is 0.815 bits per heavy atom. The molecule has 0 aromatic rings. The van der Waals surface area contributed by atoms with Gasteiger partial charge in [-0.3, -0.25) is 14.4 Å². The quantitative estimate of drug-likeness (QED) is 0.0228. The number of hydrogen-bond acceptors (Lipinski definition) is 11. The SMILES string of the molecule is CC/C=C\C/C=C\C/C=C\C/C=C\C/C=C\CC(=O)OC(COC(=O)CCCCCCCCCCCCCCCCCCCCC)COC1OC(C(=O)O)C(O)C(O)C1OC(=O)CCCCCCCCC/C=C\C/C=C\C/C=C\CC. The third-order valence-electron chi connectivity index (χ3n) is 14.2. The summed E-state index contributed by atoms with van der Waals surface area (Å²) in [5, 5.41) is 31.6. The molecule has 1 fully saturated rings. The first-order valence-corrected chi connectivity index (χ1v) is 32.2. The summed E-state index contributed by atoms with van der Waals surface area (Å²) in [4.78, 5) is 51.2. The van der Waals surface area contributed by atoms with Crippen molar-refractivity contribution in [2.24, 2.45) is 0 Å². The minimum atomic E-state index is -1.92. The average molecular weight is 1140 g/mol. The highest BCUT2D eigenvalue weighted by atomic mass is 16.7. The van der Waals surface area contributed by atoms with Crippen LogP contribution in [-0.2, 0) is 42.9 Å². The molecule has 1 rings (SSSR count). The summed E-state index contributed by atoms with van der Waals surface area (Å²) in [6.45, 7) is 5.71. The fourth-order valence-corrected chi connectivity index (χ4v) is 9.34. The first-order valence-electron chi connectivity index (χ1n) is 32.2. The topological polar surface area (TPSA) is 175 Å². The van der Waals surface area contributed by atoms with Gasteiger partial charge in [-0.15, -0.1) is 0 Å². The van der Waals surface area contributed by atoms with Crippen LogP contribution in [0.4, 0.5) is 0 Å². The molecule has 6 atom stereocenters. The monoisotopic (exact) mass is 1130 g/mol. The highest BCUT2D eigenvalue weighted by Gasteiger charge is 2.50. The van der Waals surface area contributed by atoms with Crippen molar-refractivity contribution < 1.29 is 58.2 Å². The number of esters is 3. The van der Waals surface area contributed by atoms with Crippen LogP contribution in [0, 0.1) is 0 Å². The van der Waals surface area contributed by atoms with Crippen LogP contribution < -0.4 is 0 Å². The molecule has 1 saturated heterocycles. The van der Waals surface area contributed by atoms with Gasteiger partial charge in [0.2, 0.25) is 0 Å². The molecule has 81 heavy (non-hydrogen) atoms. The molecule has 1 heterocycles. The number of carbonyl (C=O) groups excluding carboxylic acids is 3. The molecule has 0 aliphatic carbocycles. The summed E-state index contributed by atoms with van der Waals surface area (Å²) in [5.74, 6) is -3.29. The fraction of sp³-hybridized carbons (Fsp3) is 0.710. The van der Waals surface area contributed by atoms with Crippen LogP contribution in [0.5, 0.6) is 0 Å². The summed E-state index contributed by atoms with van der Waals surface area (Å²) in [6.07, 6.45) is 62.6. The lowest BCUT2D eigenvalue weighted by atomic mass is 9.98. The van der Waals surface area contributed by atoms with Crippen LogP contribution in [0.2, 0.25) is 0 Å². The van der Waals surface area contributed by atoms with Crippen LogP contribution in [0.25, 0.3) is 0 Å². The first-order chi connectivity index (χ1) is 39.6. The number of aliphatic hydroxyl groups excluding tert-OH is 2. The highest BCUT2D eigenvalue weighted by Crippen LogP contribution is 2.26. The number of carboxylic acid groups (broad SMARTS) is 1. The van der Waals surface area contributed by atoms with Gasteiger partial charge in [0.1, 0.15) is 18.8 Å². The number of carboxylic acids is 1. The van der Waals surface area contributed by atoms with E-state index in [1.54, 1.807) is 6.08 Å². The molecule has 3 N–H and O–H groups in total. The number of aliphatic carboxylic acids is 1. The molecule has 0 aromatic heterocycles. The van der Waals surface area contributed by atoms with Crippen LogP contribution in [-0.4, -0.2) is 89.2 Å².